The fourth-order valence-electron chi connectivity index (χ4n) is 2.79. The van der Waals surface area contributed by atoms with E-state index in [0.29, 0.717) is 19.6 Å². The first-order chi connectivity index (χ1) is 10.7. The van der Waals surface area contributed by atoms with Gasteiger partial charge in [-0.2, -0.15) is 4.31 Å². The van der Waals surface area contributed by atoms with Gasteiger partial charge in [-0.15, -0.1) is 12.4 Å². The third-order valence-corrected chi connectivity index (χ3v) is 6.91. The molecule has 2 rings (SSSR count). The molecule has 1 fully saturated rings. The molecule has 0 aromatic heterocycles. The lowest BCUT2D eigenvalue weighted by Gasteiger charge is -2.31. The first-order valence-corrected chi connectivity index (χ1v) is 10.6. The number of sulfone groups is 1. The van der Waals surface area contributed by atoms with Gasteiger partial charge in [-0.05, 0) is 50.6 Å². The Morgan fingerprint density at radius 2 is 1.96 bits per heavy atom. The van der Waals surface area contributed by atoms with Crippen molar-refractivity contribution >= 4 is 32.3 Å². The molecule has 1 aliphatic heterocycles. The van der Waals surface area contributed by atoms with E-state index < -0.39 is 30.6 Å². The minimum Gasteiger partial charge on any atom is -0.319 e. The topological polar surface area (TPSA) is 83.6 Å². The van der Waals surface area contributed by atoms with E-state index in [1.165, 1.54) is 4.31 Å². The predicted molar refractivity (Wildman–Crippen MR) is 92.2 cm³/mol. The van der Waals surface area contributed by atoms with Crippen LogP contribution in [0.1, 0.15) is 12.8 Å². The number of hydrogen-bond acceptors (Lipinski definition) is 5. The molecule has 1 N–H and O–H groups in total. The maximum Gasteiger partial charge on any atom is 0.243 e. The SMILES string of the molecule is CNCC1CCCN(S(=O)(=O)c2ccc(S(C)(=O)=O)c(F)c2)C1.Cl. The van der Waals surface area contributed by atoms with Crippen molar-refractivity contribution in [3.63, 3.8) is 0 Å². The summed E-state index contributed by atoms with van der Waals surface area (Å²) in [5.41, 5.74) is 0. The van der Waals surface area contributed by atoms with Crippen LogP contribution in [0.4, 0.5) is 4.39 Å². The molecule has 1 saturated heterocycles. The number of rotatable bonds is 5. The Balaban J connectivity index is 0.00000288. The van der Waals surface area contributed by atoms with Crippen molar-refractivity contribution in [2.45, 2.75) is 22.6 Å². The molecule has 0 aliphatic carbocycles. The summed E-state index contributed by atoms with van der Waals surface area (Å²) in [6.45, 7) is 1.48. The summed E-state index contributed by atoms with van der Waals surface area (Å²) in [7, 11) is -5.74. The van der Waals surface area contributed by atoms with Crippen LogP contribution in [-0.2, 0) is 19.9 Å². The van der Waals surface area contributed by atoms with Gasteiger partial charge in [-0.1, -0.05) is 0 Å². The van der Waals surface area contributed by atoms with E-state index >= 15 is 0 Å². The van der Waals surface area contributed by atoms with Crippen molar-refractivity contribution in [2.75, 3.05) is 32.9 Å². The van der Waals surface area contributed by atoms with Crippen LogP contribution in [0.25, 0.3) is 0 Å². The first-order valence-electron chi connectivity index (χ1n) is 7.30. The molecule has 1 aromatic carbocycles. The smallest absolute Gasteiger partial charge is 0.243 e. The van der Waals surface area contributed by atoms with Crippen LogP contribution >= 0.6 is 12.4 Å². The average molecular weight is 401 g/mol. The van der Waals surface area contributed by atoms with E-state index in [9.17, 15) is 21.2 Å². The number of nitrogens with zero attached hydrogens (tertiary/aromatic N) is 1. The molecule has 0 bridgehead atoms. The number of hydrogen-bond donors (Lipinski definition) is 1. The zero-order valence-electron chi connectivity index (χ0n) is 13.5. The lowest BCUT2D eigenvalue weighted by molar-refractivity contribution is 0.263. The van der Waals surface area contributed by atoms with Crippen LogP contribution in [0.3, 0.4) is 0 Å². The average Bonchev–Trinajstić information content (AvgIpc) is 2.46. The van der Waals surface area contributed by atoms with Gasteiger partial charge >= 0.3 is 0 Å². The Hall–Kier alpha value is -0.740. The van der Waals surface area contributed by atoms with E-state index in [4.69, 9.17) is 0 Å². The van der Waals surface area contributed by atoms with E-state index in [2.05, 4.69) is 5.32 Å². The second-order valence-corrected chi connectivity index (χ2v) is 9.72. The zero-order valence-corrected chi connectivity index (χ0v) is 16.0. The molecule has 0 saturated carbocycles. The largest absolute Gasteiger partial charge is 0.319 e. The Labute approximate surface area is 148 Å². The number of nitrogens with one attached hydrogen (secondary N) is 1. The Bertz CT molecular complexity index is 782. The Morgan fingerprint density at radius 1 is 1.29 bits per heavy atom. The summed E-state index contributed by atoms with van der Waals surface area (Å²) in [5.74, 6) is -0.832. The second kappa shape index (κ2) is 8.09. The van der Waals surface area contributed by atoms with Gasteiger partial charge in [0.15, 0.2) is 9.84 Å². The molecular weight excluding hydrogens is 379 g/mol. The lowest BCUT2D eigenvalue weighted by Crippen LogP contribution is -2.42. The maximum absolute atomic E-state index is 14.0. The summed E-state index contributed by atoms with van der Waals surface area (Å²) >= 11 is 0. The molecule has 0 radical (unpaired) electrons. The van der Waals surface area contributed by atoms with Crippen molar-refractivity contribution in [1.82, 2.24) is 9.62 Å². The molecule has 6 nitrogen and oxygen atoms in total. The molecule has 10 heteroatoms. The number of benzene rings is 1. The van der Waals surface area contributed by atoms with Crippen molar-refractivity contribution < 1.29 is 21.2 Å². The van der Waals surface area contributed by atoms with Gasteiger partial charge in [0, 0.05) is 19.3 Å². The summed E-state index contributed by atoms with van der Waals surface area (Å²) in [6, 6.07) is 2.94. The standard InChI is InChI=1S/C14H21FN2O4S2.ClH/c1-16-9-11-4-3-7-17(10-11)23(20,21)12-5-6-14(13(15)8-12)22(2,18)19;/h5-6,8,11,16H,3-4,7,9-10H2,1-2H3;1H. The van der Waals surface area contributed by atoms with Crippen molar-refractivity contribution in [3.8, 4) is 0 Å². The van der Waals surface area contributed by atoms with E-state index in [1.54, 1.807) is 0 Å². The van der Waals surface area contributed by atoms with Gasteiger partial charge < -0.3 is 5.32 Å². The molecule has 24 heavy (non-hydrogen) atoms. The van der Waals surface area contributed by atoms with E-state index in [0.717, 1.165) is 37.3 Å². The minimum absolute atomic E-state index is 0. The highest BCUT2D eigenvalue weighted by Gasteiger charge is 2.31. The van der Waals surface area contributed by atoms with Gasteiger partial charge in [0.1, 0.15) is 10.7 Å². The van der Waals surface area contributed by atoms with Crippen LogP contribution in [0.2, 0.25) is 0 Å². The molecule has 1 aromatic rings. The highest BCUT2D eigenvalue weighted by Crippen LogP contribution is 2.25. The first kappa shape index (κ1) is 21.3. The van der Waals surface area contributed by atoms with Crippen LogP contribution in [-0.4, -0.2) is 54.1 Å². The zero-order chi connectivity index (χ0) is 17.3. The predicted octanol–water partition coefficient (Wildman–Crippen LogP) is 1.27. The Kier molecular flexibility index (Phi) is 7.18. The molecule has 138 valence electrons. The van der Waals surface area contributed by atoms with Crippen molar-refractivity contribution in [2.24, 2.45) is 5.92 Å². The second-order valence-electron chi connectivity index (χ2n) is 5.79. The lowest BCUT2D eigenvalue weighted by atomic mass is 10.00. The van der Waals surface area contributed by atoms with Crippen LogP contribution < -0.4 is 5.32 Å². The van der Waals surface area contributed by atoms with Crippen LogP contribution in [0.15, 0.2) is 28.0 Å². The van der Waals surface area contributed by atoms with Crippen molar-refractivity contribution in [3.05, 3.63) is 24.0 Å². The fourth-order valence-corrected chi connectivity index (χ4v) is 5.09. The molecule has 1 heterocycles. The third kappa shape index (κ3) is 4.66. The van der Waals surface area contributed by atoms with Gasteiger partial charge in [0.05, 0.1) is 4.90 Å². The number of sulfonamides is 1. The third-order valence-electron chi connectivity index (χ3n) is 3.92. The molecular formula is C14H22ClFN2O4S2. The summed E-state index contributed by atoms with van der Waals surface area (Å²) in [4.78, 5) is -0.712. The van der Waals surface area contributed by atoms with E-state index in [-0.39, 0.29) is 23.2 Å². The van der Waals surface area contributed by atoms with Crippen molar-refractivity contribution in [1.29, 1.82) is 0 Å². The van der Waals surface area contributed by atoms with Gasteiger partial charge in [-0.25, -0.2) is 21.2 Å². The summed E-state index contributed by atoms with van der Waals surface area (Å²) in [6.07, 6.45) is 2.57. The quantitative estimate of drug-likeness (QED) is 0.804. The minimum atomic E-state index is -3.83. The molecule has 1 aliphatic rings. The highest BCUT2D eigenvalue weighted by molar-refractivity contribution is 7.90. The Morgan fingerprint density at radius 3 is 2.50 bits per heavy atom. The number of halogens is 2. The fraction of sp³-hybridized carbons (Fsp3) is 0.571. The van der Waals surface area contributed by atoms with E-state index in [1.807, 2.05) is 7.05 Å². The van der Waals surface area contributed by atoms with Gasteiger partial charge in [0.25, 0.3) is 0 Å². The number of piperidine rings is 1. The van der Waals surface area contributed by atoms with Crippen LogP contribution in [0, 0.1) is 11.7 Å². The summed E-state index contributed by atoms with van der Waals surface area (Å²) < 4.78 is 63.4. The molecule has 1 unspecified atom stereocenters. The molecule has 0 amide bonds. The molecule has 1 atom stereocenters. The maximum atomic E-state index is 14.0. The normalized spacial score (nSPS) is 19.7. The highest BCUT2D eigenvalue weighted by atomic mass is 35.5. The van der Waals surface area contributed by atoms with Gasteiger partial charge in [-0.3, -0.25) is 0 Å². The van der Waals surface area contributed by atoms with Gasteiger partial charge in [0.2, 0.25) is 10.0 Å². The van der Waals surface area contributed by atoms with Crippen LogP contribution in [0.5, 0.6) is 0 Å². The summed E-state index contributed by atoms with van der Waals surface area (Å²) in [5, 5.41) is 3.03. The molecule has 0 spiro atoms. The monoisotopic (exact) mass is 400 g/mol.